The largest absolute Gasteiger partial charge is 0.469 e. The Morgan fingerprint density at radius 3 is 2.00 bits per heavy atom. The average Bonchev–Trinajstić information content (AvgIpc) is 3.16. The Morgan fingerprint density at radius 1 is 0.754 bits per heavy atom. The first kappa shape index (κ1) is 43.5. The van der Waals surface area contributed by atoms with E-state index in [-0.39, 0.29) is 45.8 Å². The van der Waals surface area contributed by atoms with Crippen molar-refractivity contribution in [2.75, 3.05) is 20.3 Å². The maximum Gasteiger partial charge on any atom is 0.311 e. The Hall–Kier alpha value is -1.56. The predicted molar refractivity (Wildman–Crippen MR) is 203 cm³/mol. The van der Waals surface area contributed by atoms with Crippen molar-refractivity contribution in [3.63, 3.8) is 0 Å². The molecule has 14 heteroatoms. The summed E-state index contributed by atoms with van der Waals surface area (Å²) in [6, 6.07) is 0. The number of carbonyl (C=O) groups excluding carboxylic acids is 2. The molecule has 0 amide bonds. The molecule has 0 bridgehead atoms. The Balaban J connectivity index is 1.16. The number of aliphatic hydroxyl groups excluding tert-OH is 7. The van der Waals surface area contributed by atoms with Crippen LogP contribution in [0.15, 0.2) is 11.6 Å². The number of methoxy groups -OCH3 is 1. The van der Waals surface area contributed by atoms with Crippen LogP contribution in [0.4, 0.5) is 0 Å². The fourth-order valence-corrected chi connectivity index (χ4v) is 13.6. The third-order valence-corrected chi connectivity index (χ3v) is 17.5. The lowest BCUT2D eigenvalue weighted by Gasteiger charge is -2.70. The lowest BCUT2D eigenvalue weighted by molar-refractivity contribution is -0.378. The number of carbonyl (C=O) groups is 2. The second kappa shape index (κ2) is 14.8. The molecule has 2 heterocycles. The number of fused-ring (bicyclic) bond motifs is 7. The molecule has 6 fully saturated rings. The van der Waals surface area contributed by atoms with Gasteiger partial charge in [0.1, 0.15) is 48.8 Å². The van der Waals surface area contributed by atoms with E-state index < -0.39 is 97.0 Å². The third-order valence-electron chi connectivity index (χ3n) is 17.5. The minimum absolute atomic E-state index is 0.00502. The van der Waals surface area contributed by atoms with Gasteiger partial charge in [-0.2, -0.15) is 0 Å². The van der Waals surface area contributed by atoms with E-state index in [1.807, 2.05) is 13.0 Å². The van der Waals surface area contributed by atoms with Crippen LogP contribution in [0, 0.1) is 50.2 Å². The number of hydrogen-bond acceptors (Lipinski definition) is 14. The number of aliphatic hydroxyl groups is 7. The summed E-state index contributed by atoms with van der Waals surface area (Å²) in [7, 11) is 1.46. The second-order valence-electron chi connectivity index (χ2n) is 20.7. The molecule has 7 N–H and O–H groups in total. The lowest BCUT2D eigenvalue weighted by Crippen LogP contribution is -2.68. The molecule has 0 radical (unpaired) electrons. The van der Waals surface area contributed by atoms with Gasteiger partial charge < -0.3 is 59.4 Å². The third kappa shape index (κ3) is 6.44. The molecule has 7 rings (SSSR count). The molecule has 0 aromatic carbocycles. The van der Waals surface area contributed by atoms with Gasteiger partial charge in [0.05, 0.1) is 31.8 Å². The molecule has 5 aliphatic carbocycles. The molecule has 14 unspecified atom stereocenters. The number of esters is 1. The summed E-state index contributed by atoms with van der Waals surface area (Å²) in [5, 5.41) is 73.4. The Kier molecular flexibility index (Phi) is 11.3. The van der Waals surface area contributed by atoms with E-state index in [0.717, 1.165) is 38.5 Å². The summed E-state index contributed by atoms with van der Waals surface area (Å²) < 4.78 is 29.6. The van der Waals surface area contributed by atoms with Gasteiger partial charge in [-0.15, -0.1) is 0 Å². The quantitative estimate of drug-likeness (QED) is 0.145. The zero-order valence-corrected chi connectivity index (χ0v) is 34.9. The molecule has 2 saturated heterocycles. The first-order chi connectivity index (χ1) is 26.6. The lowest BCUT2D eigenvalue weighted by atomic mass is 9.33. The van der Waals surface area contributed by atoms with E-state index >= 15 is 0 Å². The van der Waals surface area contributed by atoms with E-state index in [9.17, 15) is 45.3 Å². The molecule has 57 heavy (non-hydrogen) atoms. The van der Waals surface area contributed by atoms with Crippen molar-refractivity contribution in [1.82, 2.24) is 0 Å². The first-order valence-electron chi connectivity index (χ1n) is 21.1. The number of rotatable bonds is 7. The highest BCUT2D eigenvalue weighted by Gasteiger charge is 2.71. The van der Waals surface area contributed by atoms with Crippen LogP contribution in [0.2, 0.25) is 0 Å². The van der Waals surface area contributed by atoms with Crippen LogP contribution in [-0.2, 0) is 33.3 Å². The Labute approximate surface area is 336 Å². The van der Waals surface area contributed by atoms with Crippen molar-refractivity contribution >= 4 is 11.8 Å². The maximum atomic E-state index is 14.9. The fourth-order valence-electron chi connectivity index (χ4n) is 13.6. The van der Waals surface area contributed by atoms with Gasteiger partial charge in [0, 0.05) is 5.92 Å². The zero-order valence-electron chi connectivity index (χ0n) is 34.9. The predicted octanol–water partition coefficient (Wildman–Crippen LogP) is 2.15. The smallest absolute Gasteiger partial charge is 0.311 e. The molecule has 0 spiro atoms. The minimum atomic E-state index is -1.77. The first-order valence-corrected chi connectivity index (χ1v) is 21.1. The van der Waals surface area contributed by atoms with Crippen molar-refractivity contribution in [3.8, 4) is 0 Å². The van der Waals surface area contributed by atoms with Gasteiger partial charge in [-0.1, -0.05) is 47.1 Å². The zero-order chi connectivity index (χ0) is 41.8. The van der Waals surface area contributed by atoms with E-state index in [1.165, 1.54) is 12.7 Å². The summed E-state index contributed by atoms with van der Waals surface area (Å²) in [6.07, 6.45) is -6.64. The summed E-state index contributed by atoms with van der Waals surface area (Å²) in [6.45, 7) is 14.3. The fraction of sp³-hybridized carbons (Fsp3) is 0.907. The molecule has 0 aromatic heterocycles. The summed E-state index contributed by atoms with van der Waals surface area (Å²) in [4.78, 5) is 28.0. The van der Waals surface area contributed by atoms with Gasteiger partial charge in [-0.3, -0.25) is 9.59 Å². The Bertz CT molecular complexity index is 1580. The van der Waals surface area contributed by atoms with Crippen LogP contribution in [0.3, 0.4) is 0 Å². The number of hydrogen-bond donors (Lipinski definition) is 7. The average molecular weight is 809 g/mol. The molecular formula is C43H68O14. The van der Waals surface area contributed by atoms with Crippen LogP contribution in [0.5, 0.6) is 0 Å². The van der Waals surface area contributed by atoms with Gasteiger partial charge in [0.25, 0.3) is 0 Å². The van der Waals surface area contributed by atoms with Crippen LogP contribution in [-0.4, -0.2) is 135 Å². The molecule has 19 atom stereocenters. The van der Waals surface area contributed by atoms with Crippen LogP contribution >= 0.6 is 0 Å². The molecule has 14 nitrogen and oxygen atoms in total. The SMILES string of the molecule is COC(=O)[C@@]1(C)CC[C@]2(C)CC[C@]3(C)C(=CC(=O)C4[C@@]5(C)CCC(OC6OC(CO)C(O)C(O)C6OC6OC(CO)C(O)C(O)C6O)C(C)(C)C5CC[C@]43C)C2C1. The molecule has 4 saturated carbocycles. The molecule has 0 aromatic rings. The van der Waals surface area contributed by atoms with E-state index in [4.69, 9.17) is 23.7 Å². The minimum Gasteiger partial charge on any atom is -0.469 e. The molecule has 324 valence electrons. The van der Waals surface area contributed by atoms with Crippen molar-refractivity contribution in [1.29, 1.82) is 0 Å². The Morgan fingerprint density at radius 2 is 1.37 bits per heavy atom. The van der Waals surface area contributed by atoms with Crippen molar-refractivity contribution in [2.24, 2.45) is 50.2 Å². The van der Waals surface area contributed by atoms with E-state index in [2.05, 4.69) is 41.5 Å². The van der Waals surface area contributed by atoms with Crippen molar-refractivity contribution < 1.29 is 69.0 Å². The number of ketones is 1. The highest BCUT2D eigenvalue weighted by Crippen LogP contribution is 2.75. The van der Waals surface area contributed by atoms with Gasteiger partial charge >= 0.3 is 5.97 Å². The van der Waals surface area contributed by atoms with E-state index in [0.29, 0.717) is 19.3 Å². The van der Waals surface area contributed by atoms with Gasteiger partial charge in [-0.25, -0.2) is 0 Å². The summed E-state index contributed by atoms with van der Waals surface area (Å²) in [5.74, 6) is -0.129. The van der Waals surface area contributed by atoms with E-state index in [1.54, 1.807) is 0 Å². The van der Waals surface area contributed by atoms with Gasteiger partial charge in [0.15, 0.2) is 18.4 Å². The topological polar surface area (TPSA) is 222 Å². The standard InChI is InChI=1S/C43H68O14/c1-38(2)26-9-12-43(7)34(23(46)17-21-22-18-40(4,37(52)53-8)14-13-39(22,3)15-16-42(21,43)6)41(26,5)11-10-27(38)56-36-33(31(50)29(48)25(20-45)55-36)57-35-32(51)30(49)28(47)24(19-44)54-35/h17,22,24-36,44-45,47-51H,9-16,18-20H2,1-8H3/t22?,24?,25?,26?,27?,28?,29?,30?,31?,32?,33?,34?,35?,36?,39-,40+,41+,42-,43-/m1/s1. The van der Waals surface area contributed by atoms with Crippen molar-refractivity contribution in [2.45, 2.75) is 174 Å². The molecular weight excluding hydrogens is 740 g/mol. The molecule has 2 aliphatic heterocycles. The summed E-state index contributed by atoms with van der Waals surface area (Å²) >= 11 is 0. The highest BCUT2D eigenvalue weighted by molar-refractivity contribution is 5.95. The normalized spacial score (nSPS) is 53.4. The monoisotopic (exact) mass is 808 g/mol. The van der Waals surface area contributed by atoms with Crippen molar-refractivity contribution in [3.05, 3.63) is 11.6 Å². The summed E-state index contributed by atoms with van der Waals surface area (Å²) in [5.41, 5.74) is -0.876. The van der Waals surface area contributed by atoms with Crippen LogP contribution < -0.4 is 0 Å². The number of ether oxygens (including phenoxy) is 5. The van der Waals surface area contributed by atoms with Gasteiger partial charge in [0.2, 0.25) is 0 Å². The molecule has 7 aliphatic rings. The number of allylic oxidation sites excluding steroid dienone is 2. The van der Waals surface area contributed by atoms with Gasteiger partial charge in [-0.05, 0) is 110 Å². The van der Waals surface area contributed by atoms with Crippen LogP contribution in [0.25, 0.3) is 0 Å². The highest BCUT2D eigenvalue weighted by atomic mass is 16.8. The maximum absolute atomic E-state index is 14.9. The second-order valence-corrected chi connectivity index (χ2v) is 20.7. The van der Waals surface area contributed by atoms with Crippen LogP contribution in [0.1, 0.15) is 106 Å².